The zero-order chi connectivity index (χ0) is 8.69. The average molecular weight is 177 g/mol. The maximum Gasteiger partial charge on any atom is 0.400 e. The Balaban J connectivity index is 3.24. The third kappa shape index (κ3) is 6.64. The van der Waals surface area contributed by atoms with Crippen molar-refractivity contribution in [3.63, 3.8) is 0 Å². The maximum atomic E-state index is 10.5. The van der Waals surface area contributed by atoms with Crippen LogP contribution in [0.4, 0.5) is 9.59 Å². The van der Waals surface area contributed by atoms with Gasteiger partial charge in [-0.3, -0.25) is 4.79 Å². The topological polar surface area (TPSA) is 93.4 Å². The lowest BCUT2D eigenvalue weighted by Crippen LogP contribution is -2.43. The number of amides is 3. The third-order valence-electron chi connectivity index (χ3n) is 0.771. The van der Waals surface area contributed by atoms with Crippen LogP contribution in [0.25, 0.3) is 0 Å². The van der Waals surface area contributed by atoms with E-state index in [1.54, 1.807) is 6.92 Å². The lowest BCUT2D eigenvalue weighted by atomic mass is 10.9. The molecule has 0 radical (unpaired) electrons. The number of nitrogens with two attached hydrogens (primary N) is 1. The molecule has 0 aliphatic heterocycles. The smallest absolute Gasteiger partial charge is 0.400 e. The lowest BCUT2D eigenvalue weighted by Gasteiger charge is -2.03. The fraction of sp³-hybridized carbons (Fsp3) is 0.500. The molecule has 0 aromatic heterocycles. The number of hydrogen-bond acceptors (Lipinski definition) is 3. The van der Waals surface area contributed by atoms with Crippen molar-refractivity contribution >= 4 is 22.0 Å². The molecular weight excluding hydrogens is 166 g/mol. The van der Waals surface area contributed by atoms with Crippen LogP contribution >= 0.6 is 0 Å². The summed E-state index contributed by atoms with van der Waals surface area (Å²) in [6.07, 6.45) is -0.520. The van der Waals surface area contributed by atoms with Gasteiger partial charge in [-0.15, -0.1) is 0 Å². The SMILES string of the molecule is CCOC(=O)N[SiH2]NC(N)=O. The van der Waals surface area contributed by atoms with Gasteiger partial charge >= 0.3 is 12.1 Å². The summed E-state index contributed by atoms with van der Waals surface area (Å²) in [5.74, 6) is 0. The molecule has 6 nitrogen and oxygen atoms in total. The van der Waals surface area contributed by atoms with Crippen LogP contribution in [-0.4, -0.2) is 28.6 Å². The average Bonchev–Trinajstić information content (AvgIpc) is 1.87. The van der Waals surface area contributed by atoms with Crippen LogP contribution < -0.4 is 15.7 Å². The maximum absolute atomic E-state index is 10.5. The normalized spacial score (nSPS) is 9.55. The van der Waals surface area contributed by atoms with Crippen LogP contribution in [-0.2, 0) is 4.74 Å². The van der Waals surface area contributed by atoms with E-state index in [2.05, 4.69) is 14.7 Å². The molecule has 0 spiro atoms. The van der Waals surface area contributed by atoms with Crippen LogP contribution in [0.3, 0.4) is 0 Å². The Morgan fingerprint density at radius 1 is 1.55 bits per heavy atom. The fourth-order valence-corrected chi connectivity index (χ4v) is 0.895. The number of ether oxygens (including phenoxy) is 1. The van der Waals surface area contributed by atoms with Crippen molar-refractivity contribution in [3.8, 4) is 0 Å². The zero-order valence-corrected chi connectivity index (χ0v) is 7.63. The Hall–Kier alpha value is -1.24. The lowest BCUT2D eigenvalue weighted by molar-refractivity contribution is 0.158. The second kappa shape index (κ2) is 5.53. The second-order valence-electron chi connectivity index (χ2n) is 1.62. The number of hydrogen-bond donors (Lipinski definition) is 3. The van der Waals surface area contributed by atoms with Crippen LogP contribution in [0, 0.1) is 0 Å². The molecule has 0 bridgehead atoms. The third-order valence-corrected chi connectivity index (χ3v) is 1.76. The van der Waals surface area contributed by atoms with E-state index in [4.69, 9.17) is 5.73 Å². The van der Waals surface area contributed by atoms with E-state index in [1.807, 2.05) is 0 Å². The molecular formula is C4H11N3O3Si. The second-order valence-corrected chi connectivity index (χ2v) is 2.68. The first kappa shape index (κ1) is 9.76. The first-order chi connectivity index (χ1) is 5.16. The summed E-state index contributed by atoms with van der Waals surface area (Å²) in [5.41, 5.74) is 4.75. The van der Waals surface area contributed by atoms with E-state index in [1.165, 1.54) is 0 Å². The molecule has 64 valence electrons. The van der Waals surface area contributed by atoms with E-state index >= 15 is 0 Å². The van der Waals surface area contributed by atoms with Gasteiger partial charge in [0, 0.05) is 0 Å². The molecule has 0 heterocycles. The van der Waals surface area contributed by atoms with Crippen molar-refractivity contribution in [2.24, 2.45) is 5.73 Å². The molecule has 0 saturated carbocycles. The molecule has 0 fully saturated rings. The molecule has 7 heteroatoms. The van der Waals surface area contributed by atoms with Crippen LogP contribution in [0.1, 0.15) is 6.92 Å². The van der Waals surface area contributed by atoms with Gasteiger partial charge in [-0.2, -0.15) is 0 Å². The number of urea groups is 1. The van der Waals surface area contributed by atoms with Crippen molar-refractivity contribution in [1.82, 2.24) is 9.96 Å². The van der Waals surface area contributed by atoms with Gasteiger partial charge in [-0.1, -0.05) is 0 Å². The standard InChI is InChI=1S/C4H11N3O3Si/c1-2-10-4(9)7-11-6-3(5)8/h2,11H2,1H3,(H,7,9)(H3,5,6,8). The van der Waals surface area contributed by atoms with Crippen molar-refractivity contribution < 1.29 is 14.3 Å². The summed E-state index contributed by atoms with van der Waals surface area (Å²) in [4.78, 5) is 25.3. The Kier molecular flexibility index (Phi) is 4.91. The molecule has 0 aliphatic rings. The Labute approximate surface area is 66.4 Å². The van der Waals surface area contributed by atoms with Crippen molar-refractivity contribution in [2.45, 2.75) is 6.92 Å². The minimum absolute atomic E-state index is 0.316. The van der Waals surface area contributed by atoms with Crippen LogP contribution in [0.2, 0.25) is 0 Å². The quantitative estimate of drug-likeness (QED) is 0.453. The largest absolute Gasteiger partial charge is 0.450 e. The molecule has 0 rings (SSSR count). The molecule has 4 N–H and O–H groups in total. The Morgan fingerprint density at radius 2 is 2.18 bits per heavy atom. The monoisotopic (exact) mass is 177 g/mol. The molecule has 0 aliphatic carbocycles. The summed E-state index contributed by atoms with van der Waals surface area (Å²) in [6, 6.07) is -0.631. The van der Waals surface area contributed by atoms with E-state index in [0.717, 1.165) is 0 Å². The van der Waals surface area contributed by atoms with Gasteiger partial charge in [0.05, 0.1) is 6.61 Å². The molecule has 3 amide bonds. The molecule has 11 heavy (non-hydrogen) atoms. The molecule has 0 aromatic rings. The highest BCUT2D eigenvalue weighted by molar-refractivity contribution is 6.37. The van der Waals surface area contributed by atoms with Gasteiger partial charge in [0.1, 0.15) is 0 Å². The zero-order valence-electron chi connectivity index (χ0n) is 6.22. The Morgan fingerprint density at radius 3 is 2.64 bits per heavy atom. The summed E-state index contributed by atoms with van der Waals surface area (Å²) < 4.78 is 4.52. The number of carbonyl (C=O) groups is 2. The van der Waals surface area contributed by atoms with Crippen molar-refractivity contribution in [3.05, 3.63) is 0 Å². The van der Waals surface area contributed by atoms with E-state index in [9.17, 15) is 9.59 Å². The first-order valence-electron chi connectivity index (χ1n) is 3.10. The number of nitrogens with one attached hydrogen (secondary N) is 2. The number of primary amides is 1. The van der Waals surface area contributed by atoms with E-state index < -0.39 is 22.0 Å². The van der Waals surface area contributed by atoms with Gasteiger partial charge in [0.15, 0.2) is 0 Å². The van der Waals surface area contributed by atoms with Gasteiger partial charge in [0.2, 0.25) is 9.84 Å². The molecule has 0 unspecified atom stereocenters. The minimum Gasteiger partial charge on any atom is -0.450 e. The van der Waals surface area contributed by atoms with Gasteiger partial charge in [-0.05, 0) is 6.92 Å². The van der Waals surface area contributed by atoms with Crippen LogP contribution in [0.5, 0.6) is 0 Å². The van der Waals surface area contributed by atoms with Crippen molar-refractivity contribution in [2.75, 3.05) is 6.61 Å². The van der Waals surface area contributed by atoms with E-state index in [-0.39, 0.29) is 0 Å². The van der Waals surface area contributed by atoms with Crippen LogP contribution in [0.15, 0.2) is 0 Å². The predicted molar refractivity (Wildman–Crippen MR) is 41.4 cm³/mol. The highest BCUT2D eigenvalue weighted by Gasteiger charge is 1.98. The minimum atomic E-state index is -1.15. The highest BCUT2D eigenvalue weighted by Crippen LogP contribution is 1.72. The summed E-state index contributed by atoms with van der Waals surface area (Å²) in [7, 11) is -1.15. The highest BCUT2D eigenvalue weighted by atomic mass is 28.2. The predicted octanol–water partition coefficient (Wildman–Crippen LogP) is -1.60. The first-order valence-corrected chi connectivity index (χ1v) is 4.52. The Bertz CT molecular complexity index is 152. The summed E-state index contributed by atoms with van der Waals surface area (Å²) >= 11 is 0. The molecule has 0 aromatic carbocycles. The number of rotatable bonds is 3. The van der Waals surface area contributed by atoms with Gasteiger partial charge < -0.3 is 20.4 Å². The summed E-state index contributed by atoms with van der Waals surface area (Å²) in [5, 5.41) is 0. The summed E-state index contributed by atoms with van der Waals surface area (Å²) in [6.45, 7) is 2.01. The van der Waals surface area contributed by atoms with Crippen molar-refractivity contribution in [1.29, 1.82) is 0 Å². The van der Waals surface area contributed by atoms with Gasteiger partial charge in [0.25, 0.3) is 0 Å². The fourth-order valence-electron chi connectivity index (χ4n) is 0.386. The van der Waals surface area contributed by atoms with E-state index in [0.29, 0.717) is 6.61 Å². The number of carbonyl (C=O) groups excluding carboxylic acids is 2. The molecule has 0 atom stereocenters. The van der Waals surface area contributed by atoms with Gasteiger partial charge in [-0.25, -0.2) is 4.79 Å². The molecule has 0 saturated heterocycles.